The Hall–Kier alpha value is -4.33. The first-order valence-corrected chi connectivity index (χ1v) is 13.0. The van der Waals surface area contributed by atoms with Crippen molar-refractivity contribution in [2.75, 3.05) is 44.5 Å². The van der Waals surface area contributed by atoms with Crippen molar-refractivity contribution < 1.29 is 33.6 Å². The van der Waals surface area contributed by atoms with Gasteiger partial charge in [-0.15, -0.1) is 0 Å². The number of ether oxygens (including phenoxy) is 4. The number of rotatable bonds is 13. The maximum absolute atomic E-state index is 13.0. The van der Waals surface area contributed by atoms with Gasteiger partial charge in [-0.3, -0.25) is 4.79 Å². The van der Waals surface area contributed by atoms with Crippen LogP contribution < -0.4 is 29.6 Å². The van der Waals surface area contributed by atoms with Gasteiger partial charge in [-0.2, -0.15) is 15.0 Å². The molecule has 0 saturated heterocycles. The normalized spacial score (nSPS) is 10.6. The summed E-state index contributed by atoms with van der Waals surface area (Å²) in [7, 11) is 2.78. The van der Waals surface area contributed by atoms with Crippen LogP contribution >= 0.6 is 11.3 Å². The van der Waals surface area contributed by atoms with E-state index in [1.54, 1.807) is 25.3 Å². The highest BCUT2D eigenvalue weighted by molar-refractivity contribution is 7.11. The molecule has 0 atom stereocenters. The molecule has 0 bridgehead atoms. The standard InChI is InChI=1S/C25H32N6O7S/c1-7-37-16-9-8-15(4)18(12-16)38-24-27-17(13-39-24)20(32)28-19-21(35-5)29-23(30-22(19)36-6)26-10-11-31(14(2)3)25(33)34/h8-9,12-14H,7,10-11H2,1-6H3,(H,28,32)(H,33,34)(H,26,29,30). The van der Waals surface area contributed by atoms with Gasteiger partial charge in [0.25, 0.3) is 11.1 Å². The average molecular weight is 561 g/mol. The summed E-state index contributed by atoms with van der Waals surface area (Å²) in [5.41, 5.74) is 1.11. The SMILES string of the molecule is CCOc1ccc(C)c(Oc2nc(C(=O)Nc3c(OC)nc(NCCN(C(=O)O)C(C)C)nc3OC)cs2)c1. The fraction of sp³-hybridized carbons (Fsp3) is 0.400. The number of carbonyl (C=O) groups excluding carboxylic acids is 1. The zero-order valence-corrected chi connectivity index (χ0v) is 23.4. The van der Waals surface area contributed by atoms with E-state index in [1.165, 1.54) is 19.1 Å². The minimum absolute atomic E-state index is 0.0479. The molecule has 1 aromatic carbocycles. The molecule has 3 N–H and O–H groups in total. The number of benzene rings is 1. The number of methoxy groups -OCH3 is 2. The average Bonchev–Trinajstić information content (AvgIpc) is 3.37. The molecule has 14 heteroatoms. The van der Waals surface area contributed by atoms with Crippen LogP contribution in [-0.2, 0) is 0 Å². The van der Waals surface area contributed by atoms with Gasteiger partial charge in [0.1, 0.15) is 17.2 Å². The number of amides is 2. The fourth-order valence-electron chi connectivity index (χ4n) is 3.39. The third-order valence-corrected chi connectivity index (χ3v) is 6.07. The number of hydrogen-bond donors (Lipinski definition) is 3. The molecular weight excluding hydrogens is 528 g/mol. The van der Waals surface area contributed by atoms with Crippen molar-refractivity contribution in [2.24, 2.45) is 0 Å². The smallest absolute Gasteiger partial charge is 0.407 e. The van der Waals surface area contributed by atoms with Crippen molar-refractivity contribution in [1.29, 1.82) is 0 Å². The third-order valence-electron chi connectivity index (χ3n) is 5.36. The summed E-state index contributed by atoms with van der Waals surface area (Å²) >= 11 is 1.16. The number of carboxylic acid groups (broad SMARTS) is 1. The predicted molar refractivity (Wildman–Crippen MR) is 146 cm³/mol. The van der Waals surface area contributed by atoms with Gasteiger partial charge in [0.05, 0.1) is 20.8 Å². The molecule has 0 aliphatic rings. The van der Waals surface area contributed by atoms with Crippen molar-refractivity contribution in [2.45, 2.75) is 33.7 Å². The number of hydrogen-bond acceptors (Lipinski definition) is 11. The van der Waals surface area contributed by atoms with Crippen LogP contribution in [0.2, 0.25) is 0 Å². The van der Waals surface area contributed by atoms with Gasteiger partial charge in [-0.25, -0.2) is 4.79 Å². The number of nitrogens with one attached hydrogen (secondary N) is 2. The van der Waals surface area contributed by atoms with Crippen molar-refractivity contribution in [3.8, 4) is 28.5 Å². The highest BCUT2D eigenvalue weighted by Gasteiger charge is 2.22. The first kappa shape index (κ1) is 29.2. The summed E-state index contributed by atoms with van der Waals surface area (Å²) in [4.78, 5) is 38.5. The van der Waals surface area contributed by atoms with E-state index < -0.39 is 12.0 Å². The Morgan fingerprint density at radius 1 is 1.13 bits per heavy atom. The van der Waals surface area contributed by atoms with Crippen molar-refractivity contribution in [1.82, 2.24) is 19.9 Å². The summed E-state index contributed by atoms with van der Waals surface area (Å²) in [6.45, 7) is 8.35. The van der Waals surface area contributed by atoms with E-state index in [2.05, 4.69) is 25.6 Å². The lowest BCUT2D eigenvalue weighted by Gasteiger charge is -2.23. The topological polar surface area (TPSA) is 157 Å². The molecule has 3 aromatic rings. The maximum Gasteiger partial charge on any atom is 0.407 e. The van der Waals surface area contributed by atoms with Gasteiger partial charge in [0.15, 0.2) is 5.69 Å². The molecule has 0 fully saturated rings. The van der Waals surface area contributed by atoms with Crippen LogP contribution in [0, 0.1) is 6.92 Å². The molecule has 0 aliphatic carbocycles. The van der Waals surface area contributed by atoms with Crippen molar-refractivity contribution in [3.05, 3.63) is 34.8 Å². The lowest BCUT2D eigenvalue weighted by atomic mass is 10.2. The maximum atomic E-state index is 13.0. The van der Waals surface area contributed by atoms with Gasteiger partial charge in [0, 0.05) is 30.6 Å². The van der Waals surface area contributed by atoms with Gasteiger partial charge >= 0.3 is 6.09 Å². The molecule has 2 aromatic heterocycles. The summed E-state index contributed by atoms with van der Waals surface area (Å²) in [6.07, 6.45) is -1.02. The number of aromatic nitrogens is 3. The first-order valence-electron chi connectivity index (χ1n) is 12.1. The fourth-order valence-corrected chi connectivity index (χ4v) is 4.05. The van der Waals surface area contributed by atoms with E-state index >= 15 is 0 Å². The lowest BCUT2D eigenvalue weighted by Crippen LogP contribution is -2.39. The molecule has 0 saturated carbocycles. The van der Waals surface area contributed by atoms with E-state index in [4.69, 9.17) is 18.9 Å². The summed E-state index contributed by atoms with van der Waals surface area (Å²) in [6, 6.07) is 5.31. The van der Waals surface area contributed by atoms with Crippen molar-refractivity contribution in [3.63, 3.8) is 0 Å². The zero-order valence-electron chi connectivity index (χ0n) is 22.6. The number of carbonyl (C=O) groups is 2. The van der Waals surface area contributed by atoms with E-state index in [-0.39, 0.29) is 53.4 Å². The van der Waals surface area contributed by atoms with E-state index in [0.29, 0.717) is 18.1 Å². The molecule has 39 heavy (non-hydrogen) atoms. The summed E-state index contributed by atoms with van der Waals surface area (Å²) < 4.78 is 22.1. The number of anilines is 2. The predicted octanol–water partition coefficient (Wildman–Crippen LogP) is 4.50. The monoisotopic (exact) mass is 560 g/mol. The Bertz CT molecular complexity index is 1270. The molecule has 3 rings (SSSR count). The van der Waals surface area contributed by atoms with E-state index in [0.717, 1.165) is 16.9 Å². The van der Waals surface area contributed by atoms with Gasteiger partial charge < -0.3 is 39.6 Å². The number of nitrogens with zero attached hydrogens (tertiary/aromatic N) is 4. The molecule has 0 aliphatic heterocycles. The van der Waals surface area contributed by atoms with Crippen LogP contribution in [-0.4, -0.2) is 76.9 Å². The van der Waals surface area contributed by atoms with E-state index in [9.17, 15) is 14.7 Å². The quantitative estimate of drug-likeness (QED) is 0.270. The summed E-state index contributed by atoms with van der Waals surface area (Å²) in [5.74, 6) is 0.935. The van der Waals surface area contributed by atoms with Crippen LogP contribution in [0.5, 0.6) is 28.5 Å². The van der Waals surface area contributed by atoms with Crippen LogP contribution in [0.15, 0.2) is 23.6 Å². The van der Waals surface area contributed by atoms with Gasteiger partial charge in [-0.1, -0.05) is 17.4 Å². The van der Waals surface area contributed by atoms with Crippen molar-refractivity contribution >= 4 is 35.0 Å². The lowest BCUT2D eigenvalue weighted by molar-refractivity contribution is 0.102. The molecule has 0 spiro atoms. The Balaban J connectivity index is 1.72. The second-order valence-electron chi connectivity index (χ2n) is 8.35. The molecule has 13 nitrogen and oxygen atoms in total. The third kappa shape index (κ3) is 7.60. The molecule has 2 heterocycles. The first-order chi connectivity index (χ1) is 18.7. The van der Waals surface area contributed by atoms with Crippen LogP contribution in [0.4, 0.5) is 16.4 Å². The molecule has 2 amide bonds. The minimum Gasteiger partial charge on any atom is -0.494 e. The molecule has 210 valence electrons. The highest BCUT2D eigenvalue weighted by atomic mass is 32.1. The Kier molecular flexibility index (Phi) is 10.1. The Labute approximate surface area is 230 Å². The molecular formula is C25H32N6O7S. The van der Waals surface area contributed by atoms with Gasteiger partial charge in [-0.05, 0) is 39.3 Å². The number of thiazole rings is 1. The highest BCUT2D eigenvalue weighted by Crippen LogP contribution is 2.34. The van der Waals surface area contributed by atoms with E-state index in [1.807, 2.05) is 26.0 Å². The zero-order chi connectivity index (χ0) is 28.5. The van der Waals surface area contributed by atoms with Gasteiger partial charge in [0.2, 0.25) is 17.7 Å². The van der Waals surface area contributed by atoms with Crippen LogP contribution in [0.25, 0.3) is 0 Å². The molecule has 0 radical (unpaired) electrons. The minimum atomic E-state index is -1.02. The van der Waals surface area contributed by atoms with Crippen LogP contribution in [0.3, 0.4) is 0 Å². The number of aryl methyl sites for hydroxylation is 1. The summed E-state index contributed by atoms with van der Waals surface area (Å²) in [5, 5.41) is 16.8. The molecule has 0 unspecified atom stereocenters. The second-order valence-corrected chi connectivity index (χ2v) is 9.17. The largest absolute Gasteiger partial charge is 0.494 e. The second kappa shape index (κ2) is 13.5. The Morgan fingerprint density at radius 3 is 2.41 bits per heavy atom. The Morgan fingerprint density at radius 2 is 1.82 bits per heavy atom. The van der Waals surface area contributed by atoms with Crippen LogP contribution in [0.1, 0.15) is 36.8 Å².